The van der Waals surface area contributed by atoms with Crippen molar-refractivity contribution in [1.29, 1.82) is 0 Å². The molecular weight excluding hydrogens is 263 g/mol. The summed E-state index contributed by atoms with van der Waals surface area (Å²) in [5.41, 5.74) is 1.68. The van der Waals surface area contributed by atoms with Gasteiger partial charge in [-0.2, -0.15) is 5.10 Å². The molecule has 2 aromatic rings. The third-order valence-corrected chi connectivity index (χ3v) is 2.65. The van der Waals surface area contributed by atoms with Gasteiger partial charge < -0.3 is 10.1 Å². The van der Waals surface area contributed by atoms with Gasteiger partial charge in [-0.1, -0.05) is 0 Å². The molecule has 0 aliphatic carbocycles. The molecule has 0 atom stereocenters. The molecule has 6 nitrogen and oxygen atoms in total. The van der Waals surface area contributed by atoms with E-state index in [1.807, 2.05) is 13.2 Å². The van der Waals surface area contributed by atoms with Gasteiger partial charge in [-0.05, 0) is 18.2 Å². The molecule has 106 valence electrons. The maximum atomic E-state index is 13.7. The molecule has 0 saturated carbocycles. The van der Waals surface area contributed by atoms with Crippen molar-refractivity contribution in [1.82, 2.24) is 9.78 Å². The van der Waals surface area contributed by atoms with Gasteiger partial charge in [0.15, 0.2) is 0 Å². The number of nitrogens with one attached hydrogen (secondary N) is 2. The summed E-state index contributed by atoms with van der Waals surface area (Å²) < 4.78 is 19.9. The summed E-state index contributed by atoms with van der Waals surface area (Å²) in [5, 5.41) is 9.40. The van der Waals surface area contributed by atoms with Gasteiger partial charge in [0.25, 0.3) is 0 Å². The van der Waals surface area contributed by atoms with Crippen molar-refractivity contribution in [3.8, 4) is 0 Å². The molecule has 7 heteroatoms. The molecule has 1 amide bonds. The lowest BCUT2D eigenvalue weighted by Gasteiger charge is -2.08. The van der Waals surface area contributed by atoms with Crippen LogP contribution in [0.15, 0.2) is 30.6 Å². The summed E-state index contributed by atoms with van der Waals surface area (Å²) in [7, 11) is 3.05. The quantitative estimate of drug-likeness (QED) is 0.900. The Morgan fingerprint density at radius 3 is 2.90 bits per heavy atom. The normalized spacial score (nSPS) is 10.2. The molecule has 0 fully saturated rings. The Kier molecular flexibility index (Phi) is 4.19. The molecule has 2 rings (SSSR count). The van der Waals surface area contributed by atoms with E-state index in [1.165, 1.54) is 19.2 Å². The van der Waals surface area contributed by atoms with E-state index in [4.69, 9.17) is 0 Å². The second-order valence-electron chi connectivity index (χ2n) is 4.19. The summed E-state index contributed by atoms with van der Waals surface area (Å²) in [6.07, 6.45) is 2.90. The minimum atomic E-state index is -0.708. The summed E-state index contributed by atoms with van der Waals surface area (Å²) in [5.74, 6) is -0.536. The SMILES string of the molecule is COC(=O)Nc1ccc(NCc2cnn(C)c2)cc1F. The Hall–Kier alpha value is -2.57. The fraction of sp³-hybridized carbons (Fsp3) is 0.231. The molecule has 2 N–H and O–H groups in total. The molecular formula is C13H15FN4O2. The number of benzene rings is 1. The van der Waals surface area contributed by atoms with Crippen LogP contribution in [0.4, 0.5) is 20.6 Å². The fourth-order valence-corrected chi connectivity index (χ4v) is 1.65. The van der Waals surface area contributed by atoms with Gasteiger partial charge in [-0.15, -0.1) is 0 Å². The number of carbonyl (C=O) groups is 1. The first-order valence-electron chi connectivity index (χ1n) is 5.94. The largest absolute Gasteiger partial charge is 0.453 e. The summed E-state index contributed by atoms with van der Waals surface area (Å²) in [6.45, 7) is 0.539. The molecule has 0 unspecified atom stereocenters. The van der Waals surface area contributed by atoms with Gasteiger partial charge in [0.1, 0.15) is 5.82 Å². The summed E-state index contributed by atoms with van der Waals surface area (Å²) in [4.78, 5) is 11.0. The monoisotopic (exact) mass is 278 g/mol. The van der Waals surface area contributed by atoms with Crippen LogP contribution in [-0.2, 0) is 18.3 Å². The lowest BCUT2D eigenvalue weighted by molar-refractivity contribution is 0.187. The van der Waals surface area contributed by atoms with Gasteiger partial charge >= 0.3 is 6.09 Å². The highest BCUT2D eigenvalue weighted by molar-refractivity contribution is 5.84. The highest BCUT2D eigenvalue weighted by atomic mass is 19.1. The van der Waals surface area contributed by atoms with Crippen LogP contribution in [0.3, 0.4) is 0 Å². The van der Waals surface area contributed by atoms with Crippen LogP contribution in [0.5, 0.6) is 0 Å². The van der Waals surface area contributed by atoms with E-state index in [2.05, 4.69) is 20.5 Å². The van der Waals surface area contributed by atoms with E-state index in [1.54, 1.807) is 16.9 Å². The molecule has 0 radical (unpaired) electrons. The van der Waals surface area contributed by atoms with Crippen molar-refractivity contribution in [3.63, 3.8) is 0 Å². The smallest absolute Gasteiger partial charge is 0.411 e. The maximum Gasteiger partial charge on any atom is 0.411 e. The Labute approximate surface area is 115 Å². The van der Waals surface area contributed by atoms with Crippen molar-refractivity contribution >= 4 is 17.5 Å². The maximum absolute atomic E-state index is 13.7. The summed E-state index contributed by atoms with van der Waals surface area (Å²) >= 11 is 0. The molecule has 0 aliphatic rings. The van der Waals surface area contributed by atoms with E-state index in [0.717, 1.165) is 5.56 Å². The van der Waals surface area contributed by atoms with Gasteiger partial charge in [0.2, 0.25) is 0 Å². The van der Waals surface area contributed by atoms with Crippen LogP contribution >= 0.6 is 0 Å². The number of hydrogen-bond donors (Lipinski definition) is 2. The molecule has 0 bridgehead atoms. The number of methoxy groups -OCH3 is 1. The standard InChI is InChI=1S/C13H15FN4O2/c1-18-8-9(7-16-18)6-15-10-3-4-12(11(14)5-10)17-13(19)20-2/h3-5,7-8,15H,6H2,1-2H3,(H,17,19). The van der Waals surface area contributed by atoms with Crippen molar-refractivity contribution < 1.29 is 13.9 Å². The zero-order valence-corrected chi connectivity index (χ0v) is 11.2. The van der Waals surface area contributed by atoms with Gasteiger partial charge in [0.05, 0.1) is 19.0 Å². The van der Waals surface area contributed by atoms with Crippen molar-refractivity contribution in [3.05, 3.63) is 42.0 Å². The van der Waals surface area contributed by atoms with Crippen LogP contribution in [0.25, 0.3) is 0 Å². The minimum Gasteiger partial charge on any atom is -0.453 e. The predicted molar refractivity (Wildman–Crippen MR) is 73.0 cm³/mol. The third-order valence-electron chi connectivity index (χ3n) is 2.65. The van der Waals surface area contributed by atoms with E-state index in [0.29, 0.717) is 12.2 Å². The highest BCUT2D eigenvalue weighted by Crippen LogP contribution is 2.19. The third kappa shape index (κ3) is 3.47. The van der Waals surface area contributed by atoms with Gasteiger partial charge in [-0.25, -0.2) is 9.18 Å². The number of rotatable bonds is 4. The zero-order valence-electron chi connectivity index (χ0n) is 11.2. The molecule has 0 saturated heterocycles. The number of hydrogen-bond acceptors (Lipinski definition) is 4. The Balaban J connectivity index is 1.99. The number of halogens is 1. The summed E-state index contributed by atoms with van der Waals surface area (Å²) in [6, 6.07) is 4.45. The van der Waals surface area contributed by atoms with Crippen molar-refractivity contribution in [2.24, 2.45) is 7.05 Å². The van der Waals surface area contributed by atoms with Crippen molar-refractivity contribution in [2.75, 3.05) is 17.7 Å². The average Bonchev–Trinajstić information content (AvgIpc) is 2.85. The highest BCUT2D eigenvalue weighted by Gasteiger charge is 2.07. The first-order valence-corrected chi connectivity index (χ1v) is 5.94. The number of amides is 1. The zero-order chi connectivity index (χ0) is 14.5. The second kappa shape index (κ2) is 6.05. The van der Waals surface area contributed by atoms with E-state index >= 15 is 0 Å². The van der Waals surface area contributed by atoms with Crippen LogP contribution in [0.2, 0.25) is 0 Å². The molecule has 20 heavy (non-hydrogen) atoms. The lowest BCUT2D eigenvalue weighted by atomic mass is 10.2. The Morgan fingerprint density at radius 1 is 1.50 bits per heavy atom. The van der Waals surface area contributed by atoms with Crippen molar-refractivity contribution in [2.45, 2.75) is 6.54 Å². The van der Waals surface area contributed by atoms with Crippen LogP contribution in [0, 0.1) is 5.82 Å². The van der Waals surface area contributed by atoms with Gasteiger partial charge in [-0.3, -0.25) is 10.00 Å². The van der Waals surface area contributed by atoms with Gasteiger partial charge in [0, 0.05) is 31.0 Å². The van der Waals surface area contributed by atoms with E-state index < -0.39 is 11.9 Å². The first kappa shape index (κ1) is 13.9. The molecule has 1 aromatic carbocycles. The number of aryl methyl sites for hydroxylation is 1. The number of ether oxygens (including phenoxy) is 1. The van der Waals surface area contributed by atoms with E-state index in [-0.39, 0.29) is 5.69 Å². The molecule has 1 heterocycles. The number of carbonyl (C=O) groups excluding carboxylic acids is 1. The second-order valence-corrected chi connectivity index (χ2v) is 4.19. The van der Waals surface area contributed by atoms with Crippen LogP contribution in [0.1, 0.15) is 5.56 Å². The Bertz CT molecular complexity index is 612. The number of aromatic nitrogens is 2. The number of anilines is 2. The van der Waals surface area contributed by atoms with Crippen LogP contribution < -0.4 is 10.6 Å². The van der Waals surface area contributed by atoms with Crippen LogP contribution in [-0.4, -0.2) is 23.0 Å². The predicted octanol–water partition coefficient (Wildman–Crippen LogP) is 2.35. The molecule has 0 aliphatic heterocycles. The average molecular weight is 278 g/mol. The minimum absolute atomic E-state index is 0.0729. The molecule has 0 spiro atoms. The Morgan fingerprint density at radius 2 is 2.30 bits per heavy atom. The molecule has 1 aromatic heterocycles. The number of nitrogens with zero attached hydrogens (tertiary/aromatic N) is 2. The fourth-order valence-electron chi connectivity index (χ4n) is 1.65. The topological polar surface area (TPSA) is 68.2 Å². The lowest BCUT2D eigenvalue weighted by Crippen LogP contribution is -2.12. The first-order chi connectivity index (χ1) is 9.58. The van der Waals surface area contributed by atoms with E-state index in [9.17, 15) is 9.18 Å².